The first kappa shape index (κ1) is 12.3. The van der Waals surface area contributed by atoms with Crippen LogP contribution in [0.1, 0.15) is 19.4 Å². The van der Waals surface area contributed by atoms with Crippen molar-refractivity contribution in [3.8, 4) is 6.07 Å². The lowest BCUT2D eigenvalue weighted by Gasteiger charge is -2.35. The molecule has 0 amide bonds. The topological polar surface area (TPSA) is 86.2 Å². The Balaban J connectivity index is 3.19. The summed E-state index contributed by atoms with van der Waals surface area (Å²) in [7, 11) is 1.79. The highest BCUT2D eigenvalue weighted by Crippen LogP contribution is 2.24. The number of aliphatic hydroxyl groups excluding tert-OH is 1. The Kier molecular flexibility index (Phi) is 3.35. The summed E-state index contributed by atoms with van der Waals surface area (Å²) < 4.78 is 0. The number of likely N-dealkylation sites (N-methyl/N-ethyl adjacent to an activating group) is 1. The number of aliphatic hydroxyl groups is 1. The molecule has 0 radical (unpaired) electrons. The van der Waals surface area contributed by atoms with Gasteiger partial charge in [0.15, 0.2) is 0 Å². The first-order chi connectivity index (χ1) is 7.42. The normalized spacial score (nSPS) is 10.9. The van der Waals surface area contributed by atoms with Gasteiger partial charge in [-0.25, -0.2) is 4.98 Å². The highest BCUT2D eigenvalue weighted by molar-refractivity contribution is 5.59. The maximum atomic E-state index is 9.27. The molecule has 5 nitrogen and oxygen atoms in total. The van der Waals surface area contributed by atoms with Gasteiger partial charge >= 0.3 is 0 Å². The molecule has 0 spiro atoms. The van der Waals surface area contributed by atoms with Crippen molar-refractivity contribution in [3.05, 3.63) is 17.8 Å². The number of pyridine rings is 1. The fraction of sp³-hybridized carbons (Fsp3) is 0.455. The number of hydrogen-bond acceptors (Lipinski definition) is 5. The second kappa shape index (κ2) is 4.37. The van der Waals surface area contributed by atoms with Crippen LogP contribution in [0.3, 0.4) is 0 Å². The summed E-state index contributed by atoms with van der Waals surface area (Å²) in [6, 6.07) is 3.62. The molecule has 0 saturated carbocycles. The van der Waals surface area contributed by atoms with Crippen LogP contribution in [0.15, 0.2) is 12.3 Å². The first-order valence-electron chi connectivity index (χ1n) is 4.92. The Bertz CT molecular complexity index is 422. The molecule has 0 fully saturated rings. The molecular weight excluding hydrogens is 204 g/mol. The molecule has 0 aliphatic rings. The number of nitrogens with two attached hydrogens (primary N) is 1. The maximum Gasteiger partial charge on any atom is 0.146 e. The first-order valence-corrected chi connectivity index (χ1v) is 4.92. The number of rotatable bonds is 3. The Morgan fingerprint density at radius 1 is 1.62 bits per heavy atom. The van der Waals surface area contributed by atoms with E-state index in [0.717, 1.165) is 0 Å². The molecule has 1 aromatic rings. The van der Waals surface area contributed by atoms with Crippen molar-refractivity contribution in [2.24, 2.45) is 0 Å². The van der Waals surface area contributed by atoms with Crippen molar-refractivity contribution in [2.45, 2.75) is 19.4 Å². The molecule has 5 heteroatoms. The molecular formula is C11H16N4O. The lowest BCUT2D eigenvalue weighted by atomic mass is 10.0. The molecule has 3 N–H and O–H groups in total. The number of nitrogen functional groups attached to an aromatic ring is 1. The summed E-state index contributed by atoms with van der Waals surface area (Å²) in [4.78, 5) is 5.90. The van der Waals surface area contributed by atoms with Gasteiger partial charge in [-0.2, -0.15) is 5.26 Å². The third kappa shape index (κ3) is 2.23. The predicted molar refractivity (Wildman–Crippen MR) is 62.9 cm³/mol. The van der Waals surface area contributed by atoms with Crippen LogP contribution in [0.4, 0.5) is 11.5 Å². The summed E-state index contributed by atoms with van der Waals surface area (Å²) in [5.41, 5.74) is 5.95. The molecule has 0 saturated heterocycles. The van der Waals surface area contributed by atoms with Crippen molar-refractivity contribution >= 4 is 11.5 Å². The van der Waals surface area contributed by atoms with Crippen LogP contribution in [0.25, 0.3) is 0 Å². The molecule has 0 aliphatic heterocycles. The third-order valence-corrected chi connectivity index (χ3v) is 2.62. The van der Waals surface area contributed by atoms with Gasteiger partial charge in [-0.05, 0) is 19.9 Å². The summed E-state index contributed by atoms with van der Waals surface area (Å²) in [5, 5.41) is 18.3. The quantitative estimate of drug-likeness (QED) is 0.784. The van der Waals surface area contributed by atoms with Gasteiger partial charge in [-0.3, -0.25) is 0 Å². The molecule has 0 unspecified atom stereocenters. The summed E-state index contributed by atoms with van der Waals surface area (Å²) in [6.07, 6.45) is 1.50. The van der Waals surface area contributed by atoms with E-state index in [9.17, 15) is 5.11 Å². The van der Waals surface area contributed by atoms with Crippen molar-refractivity contribution in [1.29, 1.82) is 5.26 Å². The molecule has 86 valence electrons. The standard InChI is InChI=1S/C11H16N4O/c1-11(2,7-16)15(3)10-8(5-12)4-9(13)6-14-10/h4,6,16H,7,13H2,1-3H3. The van der Waals surface area contributed by atoms with E-state index in [0.29, 0.717) is 17.1 Å². The van der Waals surface area contributed by atoms with Crippen molar-refractivity contribution in [1.82, 2.24) is 4.98 Å². The van der Waals surface area contributed by atoms with Crippen LogP contribution in [0, 0.1) is 11.3 Å². The largest absolute Gasteiger partial charge is 0.397 e. The van der Waals surface area contributed by atoms with E-state index < -0.39 is 5.54 Å². The van der Waals surface area contributed by atoms with Crippen LogP contribution in [0.2, 0.25) is 0 Å². The highest BCUT2D eigenvalue weighted by Gasteiger charge is 2.25. The Labute approximate surface area is 95.1 Å². The number of aromatic nitrogens is 1. The van der Waals surface area contributed by atoms with Gasteiger partial charge in [-0.15, -0.1) is 0 Å². The lowest BCUT2D eigenvalue weighted by molar-refractivity contribution is 0.215. The van der Waals surface area contributed by atoms with Gasteiger partial charge in [0.2, 0.25) is 0 Å². The average Bonchev–Trinajstić information content (AvgIpc) is 2.27. The highest BCUT2D eigenvalue weighted by atomic mass is 16.3. The van der Waals surface area contributed by atoms with Crippen molar-refractivity contribution < 1.29 is 5.11 Å². The molecule has 1 aromatic heterocycles. The minimum absolute atomic E-state index is 0.0274. The predicted octanol–water partition coefficient (Wildman–Crippen LogP) is 0.743. The van der Waals surface area contributed by atoms with Crippen LogP contribution in [-0.2, 0) is 0 Å². The van der Waals surface area contributed by atoms with Gasteiger partial charge in [0, 0.05) is 7.05 Å². The van der Waals surface area contributed by atoms with Gasteiger partial charge in [0.1, 0.15) is 11.9 Å². The number of hydrogen-bond donors (Lipinski definition) is 2. The summed E-state index contributed by atoms with van der Waals surface area (Å²) in [5.74, 6) is 0.524. The SMILES string of the molecule is CN(c1ncc(N)cc1C#N)C(C)(C)CO. The molecule has 1 rings (SSSR count). The van der Waals surface area contributed by atoms with Crippen LogP contribution >= 0.6 is 0 Å². The number of anilines is 2. The van der Waals surface area contributed by atoms with E-state index in [4.69, 9.17) is 11.0 Å². The molecule has 0 aromatic carbocycles. The van der Waals surface area contributed by atoms with Gasteiger partial charge in [0.05, 0.1) is 29.6 Å². The number of nitrogens with zero attached hydrogens (tertiary/aromatic N) is 3. The van der Waals surface area contributed by atoms with Gasteiger partial charge in [-0.1, -0.05) is 0 Å². The average molecular weight is 220 g/mol. The van der Waals surface area contributed by atoms with E-state index in [1.165, 1.54) is 6.20 Å². The molecule has 16 heavy (non-hydrogen) atoms. The van der Waals surface area contributed by atoms with Crippen LogP contribution < -0.4 is 10.6 Å². The zero-order valence-electron chi connectivity index (χ0n) is 9.73. The monoisotopic (exact) mass is 220 g/mol. The fourth-order valence-corrected chi connectivity index (χ4v) is 1.22. The number of nitriles is 1. The second-order valence-corrected chi connectivity index (χ2v) is 4.28. The van der Waals surface area contributed by atoms with E-state index in [1.807, 2.05) is 19.9 Å². The zero-order valence-corrected chi connectivity index (χ0v) is 9.73. The third-order valence-electron chi connectivity index (χ3n) is 2.62. The zero-order chi connectivity index (χ0) is 12.3. The Hall–Kier alpha value is -1.80. The minimum Gasteiger partial charge on any atom is -0.397 e. The van der Waals surface area contributed by atoms with E-state index >= 15 is 0 Å². The van der Waals surface area contributed by atoms with Crippen LogP contribution in [-0.4, -0.2) is 29.3 Å². The lowest BCUT2D eigenvalue weighted by Crippen LogP contribution is -2.45. The minimum atomic E-state index is -0.477. The second-order valence-electron chi connectivity index (χ2n) is 4.28. The Morgan fingerprint density at radius 2 is 2.25 bits per heavy atom. The summed E-state index contributed by atoms with van der Waals surface area (Å²) in [6.45, 7) is 3.71. The van der Waals surface area contributed by atoms with E-state index in [-0.39, 0.29) is 6.61 Å². The smallest absolute Gasteiger partial charge is 0.146 e. The van der Waals surface area contributed by atoms with E-state index in [1.54, 1.807) is 18.0 Å². The van der Waals surface area contributed by atoms with Gasteiger partial charge < -0.3 is 15.7 Å². The van der Waals surface area contributed by atoms with Crippen molar-refractivity contribution in [2.75, 3.05) is 24.3 Å². The molecule has 0 aliphatic carbocycles. The fourth-order valence-electron chi connectivity index (χ4n) is 1.22. The van der Waals surface area contributed by atoms with Crippen LogP contribution in [0.5, 0.6) is 0 Å². The summed E-state index contributed by atoms with van der Waals surface area (Å²) >= 11 is 0. The maximum absolute atomic E-state index is 9.27. The Morgan fingerprint density at radius 3 is 2.75 bits per heavy atom. The molecule has 1 heterocycles. The molecule has 0 atom stereocenters. The van der Waals surface area contributed by atoms with Crippen molar-refractivity contribution in [3.63, 3.8) is 0 Å². The molecule has 0 bridgehead atoms. The van der Waals surface area contributed by atoms with E-state index in [2.05, 4.69) is 4.98 Å². The van der Waals surface area contributed by atoms with Gasteiger partial charge in [0.25, 0.3) is 0 Å².